The number of nitrogens with zero attached hydrogens (tertiary/aromatic N) is 4. The van der Waals surface area contributed by atoms with Gasteiger partial charge in [-0.15, -0.1) is 18.3 Å². The number of aromatic nitrogens is 4. The van der Waals surface area contributed by atoms with E-state index in [4.69, 9.17) is 0 Å². The number of nitrogens with one attached hydrogen (secondary N) is 1. The van der Waals surface area contributed by atoms with E-state index < -0.39 is 6.36 Å². The van der Waals surface area contributed by atoms with Crippen molar-refractivity contribution in [3.63, 3.8) is 0 Å². The number of anilines is 1. The van der Waals surface area contributed by atoms with Crippen molar-refractivity contribution in [3.8, 4) is 11.4 Å². The number of tetrazole rings is 1. The van der Waals surface area contributed by atoms with Crippen LogP contribution in [0, 0.1) is 6.92 Å². The molecule has 1 N–H and O–H groups in total. The van der Waals surface area contributed by atoms with Crippen LogP contribution in [0.15, 0.2) is 53.7 Å². The zero-order chi connectivity index (χ0) is 20.1. The van der Waals surface area contributed by atoms with Crippen LogP contribution in [0.4, 0.5) is 18.9 Å². The van der Waals surface area contributed by atoms with Crippen molar-refractivity contribution >= 4 is 23.4 Å². The molecule has 0 atom stereocenters. The average Bonchev–Trinajstić information content (AvgIpc) is 3.10. The third-order valence-corrected chi connectivity index (χ3v) is 4.34. The SMILES string of the molecule is Cc1ccc(-n2nnnc2SCC(=O)Nc2ccc(OC(F)(F)F)cc2)cc1. The van der Waals surface area contributed by atoms with Gasteiger partial charge in [0, 0.05) is 5.69 Å². The van der Waals surface area contributed by atoms with Crippen molar-refractivity contribution in [2.45, 2.75) is 18.4 Å². The highest BCUT2D eigenvalue weighted by Gasteiger charge is 2.30. The number of carbonyl (C=O) groups excluding carboxylic acids is 1. The molecule has 1 aromatic heterocycles. The number of halogens is 3. The Hall–Kier alpha value is -3.08. The molecule has 7 nitrogen and oxygen atoms in total. The first-order chi connectivity index (χ1) is 13.3. The molecule has 0 aliphatic heterocycles. The lowest BCUT2D eigenvalue weighted by Crippen LogP contribution is -2.17. The number of rotatable bonds is 6. The molecule has 0 radical (unpaired) electrons. The fraction of sp³-hybridized carbons (Fsp3) is 0.176. The average molecular weight is 409 g/mol. The molecule has 146 valence electrons. The lowest BCUT2D eigenvalue weighted by atomic mass is 10.2. The van der Waals surface area contributed by atoms with Gasteiger partial charge in [-0.25, -0.2) is 0 Å². The summed E-state index contributed by atoms with van der Waals surface area (Å²) in [5.74, 6) is -0.697. The number of benzene rings is 2. The predicted molar refractivity (Wildman–Crippen MR) is 96.4 cm³/mol. The van der Waals surface area contributed by atoms with Gasteiger partial charge in [-0.2, -0.15) is 4.68 Å². The highest BCUT2D eigenvalue weighted by Crippen LogP contribution is 2.24. The number of alkyl halides is 3. The normalized spacial score (nSPS) is 11.3. The number of hydrogen-bond donors (Lipinski definition) is 1. The molecule has 0 saturated carbocycles. The van der Waals surface area contributed by atoms with Crippen LogP contribution < -0.4 is 10.1 Å². The molecule has 1 heterocycles. The molecular weight excluding hydrogens is 395 g/mol. The predicted octanol–water partition coefficient (Wildman–Crippen LogP) is 3.60. The Morgan fingerprint density at radius 3 is 2.46 bits per heavy atom. The Kier molecular flexibility index (Phi) is 5.83. The van der Waals surface area contributed by atoms with Crippen LogP contribution >= 0.6 is 11.8 Å². The fourth-order valence-electron chi connectivity index (χ4n) is 2.18. The Labute approximate surface area is 161 Å². The molecular formula is C17H14F3N5O2S. The number of amides is 1. The van der Waals surface area contributed by atoms with Gasteiger partial charge in [-0.3, -0.25) is 4.79 Å². The molecule has 28 heavy (non-hydrogen) atoms. The molecule has 0 saturated heterocycles. The number of thioether (sulfide) groups is 1. The van der Waals surface area contributed by atoms with Gasteiger partial charge in [0.2, 0.25) is 11.1 Å². The molecule has 0 spiro atoms. The minimum Gasteiger partial charge on any atom is -0.406 e. The zero-order valence-corrected chi connectivity index (χ0v) is 15.3. The van der Waals surface area contributed by atoms with E-state index in [0.717, 1.165) is 35.1 Å². The Balaban J connectivity index is 1.57. The van der Waals surface area contributed by atoms with Crippen molar-refractivity contribution in [3.05, 3.63) is 54.1 Å². The second-order valence-corrected chi connectivity index (χ2v) is 6.56. The lowest BCUT2D eigenvalue weighted by molar-refractivity contribution is -0.274. The maximum absolute atomic E-state index is 12.1. The topological polar surface area (TPSA) is 81.9 Å². The van der Waals surface area contributed by atoms with E-state index in [1.54, 1.807) is 0 Å². The van der Waals surface area contributed by atoms with E-state index in [2.05, 4.69) is 25.6 Å². The summed E-state index contributed by atoms with van der Waals surface area (Å²) < 4.78 is 41.7. The molecule has 1 amide bonds. The van der Waals surface area contributed by atoms with Crippen molar-refractivity contribution in [1.82, 2.24) is 20.2 Å². The Bertz CT molecular complexity index is 943. The highest BCUT2D eigenvalue weighted by molar-refractivity contribution is 7.99. The van der Waals surface area contributed by atoms with E-state index in [0.29, 0.717) is 10.8 Å². The third kappa shape index (κ3) is 5.46. The second kappa shape index (κ2) is 8.30. The summed E-state index contributed by atoms with van der Waals surface area (Å²) in [6.45, 7) is 1.96. The summed E-state index contributed by atoms with van der Waals surface area (Å²) in [5, 5.41) is 14.5. The van der Waals surface area contributed by atoms with Crippen LogP contribution in [0.5, 0.6) is 5.75 Å². The van der Waals surface area contributed by atoms with E-state index in [1.165, 1.54) is 16.8 Å². The Morgan fingerprint density at radius 1 is 1.14 bits per heavy atom. The molecule has 2 aromatic carbocycles. The van der Waals surface area contributed by atoms with Crippen molar-refractivity contribution in [2.75, 3.05) is 11.1 Å². The molecule has 0 aliphatic rings. The summed E-state index contributed by atoms with van der Waals surface area (Å²) in [6.07, 6.45) is -4.76. The quantitative estimate of drug-likeness (QED) is 0.627. The standard InChI is InChI=1S/C17H14F3N5O2S/c1-11-2-6-13(7-3-11)25-16(22-23-24-25)28-10-15(26)21-12-4-8-14(9-5-12)27-17(18,19)20/h2-9H,10H2,1H3,(H,21,26). The van der Waals surface area contributed by atoms with Crippen molar-refractivity contribution < 1.29 is 22.7 Å². The minimum absolute atomic E-state index is 0.0209. The molecule has 0 aliphatic carbocycles. The number of ether oxygens (including phenoxy) is 1. The number of hydrogen-bond acceptors (Lipinski definition) is 6. The van der Waals surface area contributed by atoms with Gasteiger partial charge >= 0.3 is 6.36 Å². The molecule has 3 rings (SSSR count). The number of carbonyl (C=O) groups is 1. The molecule has 0 bridgehead atoms. The van der Waals surface area contributed by atoms with Crippen LogP contribution in [0.3, 0.4) is 0 Å². The summed E-state index contributed by atoms with van der Waals surface area (Å²) in [4.78, 5) is 12.1. The van der Waals surface area contributed by atoms with Gasteiger partial charge in [0.1, 0.15) is 5.75 Å². The van der Waals surface area contributed by atoms with Crippen molar-refractivity contribution in [1.29, 1.82) is 0 Å². The maximum atomic E-state index is 12.1. The highest BCUT2D eigenvalue weighted by atomic mass is 32.2. The van der Waals surface area contributed by atoms with Crippen LogP contribution in [0.2, 0.25) is 0 Å². The first-order valence-corrected chi connectivity index (χ1v) is 8.92. The first-order valence-electron chi connectivity index (χ1n) is 7.94. The second-order valence-electron chi connectivity index (χ2n) is 5.62. The van der Waals surface area contributed by atoms with E-state index >= 15 is 0 Å². The monoisotopic (exact) mass is 409 g/mol. The summed E-state index contributed by atoms with van der Waals surface area (Å²) >= 11 is 1.13. The van der Waals surface area contributed by atoms with Crippen LogP contribution in [-0.2, 0) is 4.79 Å². The van der Waals surface area contributed by atoms with Gasteiger partial charge in [0.25, 0.3) is 0 Å². The Morgan fingerprint density at radius 2 is 1.82 bits per heavy atom. The minimum atomic E-state index is -4.76. The van der Waals surface area contributed by atoms with Gasteiger partial charge in [-0.05, 0) is 53.7 Å². The van der Waals surface area contributed by atoms with Crippen LogP contribution in [-0.4, -0.2) is 38.2 Å². The van der Waals surface area contributed by atoms with E-state index in [1.807, 2.05) is 31.2 Å². The van der Waals surface area contributed by atoms with Gasteiger partial charge in [0.05, 0.1) is 11.4 Å². The first kappa shape index (κ1) is 19.7. The smallest absolute Gasteiger partial charge is 0.406 e. The lowest BCUT2D eigenvalue weighted by Gasteiger charge is -2.10. The molecule has 3 aromatic rings. The summed E-state index contributed by atoms with van der Waals surface area (Å²) in [6, 6.07) is 12.4. The summed E-state index contributed by atoms with van der Waals surface area (Å²) in [7, 11) is 0. The van der Waals surface area contributed by atoms with Gasteiger partial charge < -0.3 is 10.1 Å². The van der Waals surface area contributed by atoms with Crippen LogP contribution in [0.25, 0.3) is 5.69 Å². The van der Waals surface area contributed by atoms with Gasteiger partial charge in [-0.1, -0.05) is 29.5 Å². The largest absolute Gasteiger partial charge is 0.573 e. The summed E-state index contributed by atoms with van der Waals surface area (Å²) in [5.41, 5.74) is 2.20. The van der Waals surface area contributed by atoms with E-state index in [9.17, 15) is 18.0 Å². The van der Waals surface area contributed by atoms with E-state index in [-0.39, 0.29) is 17.4 Å². The number of aryl methyl sites for hydroxylation is 1. The van der Waals surface area contributed by atoms with Crippen molar-refractivity contribution in [2.24, 2.45) is 0 Å². The maximum Gasteiger partial charge on any atom is 0.573 e. The van der Waals surface area contributed by atoms with Gasteiger partial charge in [0.15, 0.2) is 0 Å². The zero-order valence-electron chi connectivity index (χ0n) is 14.5. The fourth-order valence-corrected chi connectivity index (χ4v) is 2.87. The van der Waals surface area contributed by atoms with Crippen LogP contribution in [0.1, 0.15) is 5.56 Å². The molecule has 0 unspecified atom stereocenters. The molecule has 11 heteroatoms. The third-order valence-electron chi connectivity index (χ3n) is 3.42. The molecule has 0 fully saturated rings.